The number of rotatable bonds is 42. The van der Waals surface area contributed by atoms with E-state index in [1.807, 2.05) is 0 Å². The first kappa shape index (κ1) is 61.5. The molecule has 0 heterocycles. The average molecular weight is 951 g/mol. The first-order valence-corrected chi connectivity index (χ1v) is 26.9. The van der Waals surface area contributed by atoms with Gasteiger partial charge in [-0.1, -0.05) is 170 Å². The standard InChI is InChI=1S/C53H91O12P/c1-3-5-7-9-11-13-15-17-19-21-22-23-24-25-27-29-31-33-35-37-39-41-43-62-44-46(45-63-66(60,61)65-53-51(58)49(56)48(55)50(57)52(53)59)64-47(54)42-40-38-36-34-32-30-28-26-20-18-16-14-12-10-8-6-4-2/h5,7,11-14,17-20,22-23,25,27,46,48-53,55-59H,3-4,6,8-10,15-16,21,24,26,28-45H2,1-2H3,(H,60,61)/b7-5-,13-11-,14-12-,19-17-,20-18-,23-22-,27-25-. The van der Waals surface area contributed by atoms with Gasteiger partial charge in [-0.25, -0.2) is 4.57 Å². The van der Waals surface area contributed by atoms with Crippen LogP contribution in [0.15, 0.2) is 85.1 Å². The molecular weight excluding hydrogens is 860 g/mol. The van der Waals surface area contributed by atoms with Crippen molar-refractivity contribution in [1.29, 1.82) is 0 Å². The highest BCUT2D eigenvalue weighted by Gasteiger charge is 2.51. The number of phosphoric acid groups is 1. The summed E-state index contributed by atoms with van der Waals surface area (Å²) in [6.45, 7) is 4.08. The third kappa shape index (κ3) is 33.9. The molecule has 1 saturated carbocycles. The lowest BCUT2D eigenvalue weighted by atomic mass is 9.85. The topological polar surface area (TPSA) is 192 Å². The largest absolute Gasteiger partial charge is 0.472 e. The van der Waals surface area contributed by atoms with Gasteiger partial charge in [-0.3, -0.25) is 13.8 Å². The van der Waals surface area contributed by atoms with Gasteiger partial charge in [0.1, 0.15) is 42.7 Å². The number of aliphatic hydroxyl groups is 5. The van der Waals surface area contributed by atoms with Crippen molar-refractivity contribution >= 4 is 13.8 Å². The second-order valence-electron chi connectivity index (χ2n) is 17.3. The van der Waals surface area contributed by atoms with E-state index in [0.29, 0.717) is 13.0 Å². The zero-order valence-corrected chi connectivity index (χ0v) is 41.6. The molecule has 0 spiro atoms. The Morgan fingerprint density at radius 2 is 0.894 bits per heavy atom. The molecule has 1 aliphatic rings. The van der Waals surface area contributed by atoms with Crippen molar-refractivity contribution < 1.29 is 58.3 Å². The van der Waals surface area contributed by atoms with Crippen LogP contribution in [-0.2, 0) is 27.9 Å². The first-order valence-electron chi connectivity index (χ1n) is 25.4. The second kappa shape index (κ2) is 42.6. The maximum atomic E-state index is 12.9. The fourth-order valence-corrected chi connectivity index (χ4v) is 8.21. The van der Waals surface area contributed by atoms with Crippen molar-refractivity contribution in [2.24, 2.45) is 0 Å². The number of allylic oxidation sites excluding steroid dienone is 14. The van der Waals surface area contributed by atoms with Crippen LogP contribution in [0.4, 0.5) is 0 Å². The molecular formula is C53H91O12P. The van der Waals surface area contributed by atoms with Crippen LogP contribution < -0.4 is 0 Å². The molecule has 0 bridgehead atoms. The lowest BCUT2D eigenvalue weighted by molar-refractivity contribution is -0.220. The molecule has 380 valence electrons. The molecule has 13 heteroatoms. The van der Waals surface area contributed by atoms with Gasteiger partial charge in [0.2, 0.25) is 0 Å². The van der Waals surface area contributed by atoms with Crippen molar-refractivity contribution in [3.63, 3.8) is 0 Å². The van der Waals surface area contributed by atoms with Crippen LogP contribution in [0.3, 0.4) is 0 Å². The van der Waals surface area contributed by atoms with Gasteiger partial charge in [0.05, 0.1) is 13.2 Å². The van der Waals surface area contributed by atoms with Crippen LogP contribution in [0.5, 0.6) is 0 Å². The van der Waals surface area contributed by atoms with Crippen LogP contribution in [0.1, 0.15) is 181 Å². The van der Waals surface area contributed by atoms with E-state index in [-0.39, 0.29) is 13.0 Å². The van der Waals surface area contributed by atoms with Crippen molar-refractivity contribution in [2.45, 2.75) is 224 Å². The van der Waals surface area contributed by atoms with Crippen LogP contribution in [0.2, 0.25) is 0 Å². The van der Waals surface area contributed by atoms with Crippen LogP contribution in [0, 0.1) is 0 Å². The number of hydrogen-bond donors (Lipinski definition) is 6. The van der Waals surface area contributed by atoms with Gasteiger partial charge in [0.15, 0.2) is 0 Å². The second-order valence-corrected chi connectivity index (χ2v) is 18.7. The third-order valence-electron chi connectivity index (χ3n) is 11.3. The minimum Gasteiger partial charge on any atom is -0.457 e. The Morgan fingerprint density at radius 1 is 0.500 bits per heavy atom. The summed E-state index contributed by atoms with van der Waals surface area (Å²) in [6.07, 6.45) is 45.0. The fraction of sp³-hybridized carbons (Fsp3) is 0.717. The number of carbonyl (C=O) groups is 1. The molecule has 0 aromatic heterocycles. The molecule has 6 N–H and O–H groups in total. The van der Waals surface area contributed by atoms with E-state index in [1.54, 1.807) is 0 Å². The molecule has 0 aliphatic heterocycles. The average Bonchev–Trinajstić information content (AvgIpc) is 3.30. The summed E-state index contributed by atoms with van der Waals surface area (Å²) in [6, 6.07) is 0. The molecule has 0 aromatic rings. The highest BCUT2D eigenvalue weighted by atomic mass is 31.2. The van der Waals surface area contributed by atoms with Crippen molar-refractivity contribution in [2.75, 3.05) is 19.8 Å². The molecule has 0 saturated heterocycles. The Hall–Kier alpha value is -2.48. The van der Waals surface area contributed by atoms with E-state index < -0.39 is 63.1 Å². The van der Waals surface area contributed by atoms with Gasteiger partial charge >= 0.3 is 13.8 Å². The highest BCUT2D eigenvalue weighted by Crippen LogP contribution is 2.47. The molecule has 0 aromatic carbocycles. The van der Waals surface area contributed by atoms with Gasteiger partial charge in [0.25, 0.3) is 0 Å². The molecule has 6 atom stereocenters. The van der Waals surface area contributed by atoms with E-state index in [9.17, 15) is 39.8 Å². The molecule has 0 radical (unpaired) electrons. The minimum absolute atomic E-state index is 0.0950. The molecule has 66 heavy (non-hydrogen) atoms. The molecule has 1 aliphatic carbocycles. The Morgan fingerprint density at radius 3 is 1.36 bits per heavy atom. The fourth-order valence-electron chi connectivity index (χ4n) is 7.24. The number of carbonyl (C=O) groups excluding carboxylic acids is 1. The summed E-state index contributed by atoms with van der Waals surface area (Å²) >= 11 is 0. The summed E-state index contributed by atoms with van der Waals surface area (Å²) in [5.74, 6) is -0.494. The third-order valence-corrected chi connectivity index (χ3v) is 12.2. The predicted octanol–water partition coefficient (Wildman–Crippen LogP) is 11.3. The zero-order chi connectivity index (χ0) is 48.4. The Kier molecular flexibility index (Phi) is 39.7. The number of aliphatic hydroxyl groups excluding tert-OH is 5. The van der Waals surface area contributed by atoms with E-state index in [0.717, 1.165) is 116 Å². The predicted molar refractivity (Wildman–Crippen MR) is 267 cm³/mol. The first-order chi connectivity index (χ1) is 32.0. The molecule has 0 amide bonds. The van der Waals surface area contributed by atoms with Crippen molar-refractivity contribution in [3.8, 4) is 0 Å². The van der Waals surface area contributed by atoms with Crippen LogP contribution >= 0.6 is 7.82 Å². The summed E-state index contributed by atoms with van der Waals surface area (Å²) in [5, 5.41) is 50.3. The molecule has 1 fully saturated rings. The maximum Gasteiger partial charge on any atom is 0.472 e. The Balaban J connectivity index is 2.37. The van der Waals surface area contributed by atoms with Gasteiger partial charge in [0, 0.05) is 13.0 Å². The molecule has 12 nitrogen and oxygen atoms in total. The summed E-state index contributed by atoms with van der Waals surface area (Å²) in [4.78, 5) is 23.2. The number of phosphoric ester groups is 1. The number of hydrogen-bond acceptors (Lipinski definition) is 11. The Labute approximate surface area is 399 Å². The highest BCUT2D eigenvalue weighted by molar-refractivity contribution is 7.47. The lowest BCUT2D eigenvalue weighted by Crippen LogP contribution is -2.64. The van der Waals surface area contributed by atoms with Crippen LogP contribution in [-0.4, -0.2) is 98.9 Å². The van der Waals surface area contributed by atoms with E-state index in [2.05, 4.69) is 98.9 Å². The van der Waals surface area contributed by atoms with Crippen molar-refractivity contribution in [1.82, 2.24) is 0 Å². The molecule has 6 unspecified atom stereocenters. The van der Waals surface area contributed by atoms with E-state index in [4.69, 9.17) is 18.5 Å². The summed E-state index contributed by atoms with van der Waals surface area (Å²) in [7, 11) is -5.03. The van der Waals surface area contributed by atoms with Gasteiger partial charge in [-0.15, -0.1) is 0 Å². The summed E-state index contributed by atoms with van der Waals surface area (Å²) < 4.78 is 34.3. The zero-order valence-electron chi connectivity index (χ0n) is 40.7. The smallest absolute Gasteiger partial charge is 0.457 e. The quantitative estimate of drug-likeness (QED) is 0.0147. The minimum atomic E-state index is -5.03. The summed E-state index contributed by atoms with van der Waals surface area (Å²) in [5.41, 5.74) is 0. The van der Waals surface area contributed by atoms with Crippen molar-refractivity contribution in [3.05, 3.63) is 85.1 Å². The van der Waals surface area contributed by atoms with E-state index in [1.165, 1.54) is 38.5 Å². The van der Waals surface area contributed by atoms with Gasteiger partial charge in [-0.2, -0.15) is 0 Å². The van der Waals surface area contributed by atoms with Gasteiger partial charge in [-0.05, 0) is 89.9 Å². The van der Waals surface area contributed by atoms with E-state index >= 15 is 0 Å². The SMILES string of the molecule is CC/C=C\C/C=C\C/C=C\C/C=C\C/C=C\CCCCCCCCOCC(COP(=O)(O)OC1C(O)C(O)C(O)C(O)C1O)OC(=O)CCCCCCCCC/C=C\C/C=C\CCCCC. The lowest BCUT2D eigenvalue weighted by Gasteiger charge is -2.41. The maximum absolute atomic E-state index is 12.9. The monoisotopic (exact) mass is 951 g/mol. The number of unbranched alkanes of at least 4 members (excludes halogenated alkanes) is 16. The normalized spacial score (nSPS) is 22.1. The van der Waals surface area contributed by atoms with Gasteiger partial charge < -0.3 is 39.9 Å². The molecule has 1 rings (SSSR count). The number of ether oxygens (including phenoxy) is 2. The number of esters is 1. The van der Waals surface area contributed by atoms with Crippen LogP contribution in [0.25, 0.3) is 0 Å². The Bertz CT molecular complexity index is 1410.